The van der Waals surface area contributed by atoms with E-state index < -0.39 is 0 Å². The molecule has 1 aliphatic heterocycles. The molecule has 1 N–H and O–H groups in total. The Morgan fingerprint density at radius 1 is 1.03 bits per heavy atom. The molecule has 154 valence electrons. The Morgan fingerprint density at radius 2 is 1.73 bits per heavy atom. The molecule has 0 saturated carbocycles. The van der Waals surface area contributed by atoms with E-state index in [0.29, 0.717) is 37.4 Å². The Morgan fingerprint density at radius 3 is 2.40 bits per heavy atom. The maximum Gasteiger partial charge on any atom is 0.292 e. The quantitative estimate of drug-likeness (QED) is 0.488. The van der Waals surface area contributed by atoms with E-state index in [9.17, 15) is 14.9 Å². The third kappa shape index (κ3) is 4.20. The average Bonchev–Trinajstić information content (AvgIpc) is 3.32. The topological polar surface area (TPSA) is 88.6 Å². The Labute approximate surface area is 174 Å². The van der Waals surface area contributed by atoms with Crippen LogP contribution in [0.4, 0.5) is 11.4 Å². The fourth-order valence-electron chi connectivity index (χ4n) is 3.95. The van der Waals surface area contributed by atoms with Crippen molar-refractivity contribution in [1.29, 1.82) is 0 Å². The molecule has 1 aromatic heterocycles. The average molecular weight is 405 g/mol. The van der Waals surface area contributed by atoms with Gasteiger partial charge in [0.2, 0.25) is 5.91 Å². The molecule has 1 amide bonds. The number of anilines is 1. The van der Waals surface area contributed by atoms with Crippen molar-refractivity contribution in [2.24, 2.45) is 5.92 Å². The molecular weight excluding hydrogens is 382 g/mol. The van der Waals surface area contributed by atoms with Crippen LogP contribution >= 0.6 is 0 Å². The molecule has 2 aromatic carbocycles. The predicted octanol–water partition coefficient (Wildman–Crippen LogP) is 4.31. The van der Waals surface area contributed by atoms with Crippen molar-refractivity contribution < 1.29 is 14.1 Å². The lowest BCUT2D eigenvalue weighted by atomic mass is 9.94. The van der Waals surface area contributed by atoms with Crippen molar-refractivity contribution >= 4 is 17.3 Å². The van der Waals surface area contributed by atoms with E-state index in [-0.39, 0.29) is 28.5 Å². The molecular formula is C23H23N3O4. The number of benzene rings is 2. The van der Waals surface area contributed by atoms with E-state index in [0.717, 1.165) is 5.56 Å². The van der Waals surface area contributed by atoms with Crippen molar-refractivity contribution in [2.45, 2.75) is 18.9 Å². The van der Waals surface area contributed by atoms with Crippen LogP contribution in [0, 0.1) is 16.0 Å². The number of nitrogens with one attached hydrogen (secondary N) is 1. The first-order valence-electron chi connectivity index (χ1n) is 10.0. The number of carbonyl (C=O) groups excluding carboxylic acids is 1. The number of para-hydroxylation sites is 2. The van der Waals surface area contributed by atoms with Gasteiger partial charge in [0.15, 0.2) is 0 Å². The highest BCUT2D eigenvalue weighted by molar-refractivity contribution is 5.80. The Bertz CT molecular complexity index is 996. The van der Waals surface area contributed by atoms with Crippen LogP contribution in [0.15, 0.2) is 77.4 Å². The van der Waals surface area contributed by atoms with Gasteiger partial charge in [0.25, 0.3) is 5.69 Å². The fourth-order valence-corrected chi connectivity index (χ4v) is 3.95. The zero-order chi connectivity index (χ0) is 20.9. The normalized spacial score (nSPS) is 15.5. The van der Waals surface area contributed by atoms with Crippen LogP contribution < -0.4 is 10.2 Å². The summed E-state index contributed by atoms with van der Waals surface area (Å²) in [5.41, 5.74) is 1.67. The van der Waals surface area contributed by atoms with Crippen LogP contribution in [-0.2, 0) is 4.79 Å². The monoisotopic (exact) mass is 405 g/mol. The van der Waals surface area contributed by atoms with Crippen LogP contribution in [0.3, 0.4) is 0 Å². The lowest BCUT2D eigenvalue weighted by Gasteiger charge is -2.33. The molecule has 30 heavy (non-hydrogen) atoms. The van der Waals surface area contributed by atoms with Crippen LogP contribution in [0.5, 0.6) is 0 Å². The second-order valence-corrected chi connectivity index (χ2v) is 7.37. The molecule has 0 spiro atoms. The summed E-state index contributed by atoms with van der Waals surface area (Å²) in [4.78, 5) is 26.0. The van der Waals surface area contributed by atoms with E-state index in [1.54, 1.807) is 24.5 Å². The standard InChI is InChI=1S/C23H23N3O4/c27-23(24-22(21-11-6-16-30-21)17-7-2-1-3-8-17)18-12-14-25(15-13-18)19-9-4-5-10-20(19)26(28)29/h1-11,16,18,22H,12-15H2,(H,24,27). The molecule has 0 aliphatic carbocycles. The summed E-state index contributed by atoms with van der Waals surface area (Å²) < 4.78 is 5.56. The molecule has 1 unspecified atom stereocenters. The van der Waals surface area contributed by atoms with Gasteiger partial charge in [-0.05, 0) is 36.6 Å². The number of nitrogens with zero attached hydrogens (tertiary/aromatic N) is 2. The number of hydrogen-bond acceptors (Lipinski definition) is 5. The third-order valence-corrected chi connectivity index (χ3v) is 5.53. The highest BCUT2D eigenvalue weighted by atomic mass is 16.6. The first-order chi connectivity index (χ1) is 14.6. The van der Waals surface area contributed by atoms with Gasteiger partial charge >= 0.3 is 0 Å². The first kappa shape index (κ1) is 19.7. The summed E-state index contributed by atoms with van der Waals surface area (Å²) in [6, 6.07) is 19.8. The summed E-state index contributed by atoms with van der Waals surface area (Å²) in [5.74, 6) is 0.513. The molecule has 1 atom stereocenters. The van der Waals surface area contributed by atoms with E-state index in [2.05, 4.69) is 5.32 Å². The van der Waals surface area contributed by atoms with Gasteiger partial charge in [0.05, 0.1) is 11.2 Å². The molecule has 7 nitrogen and oxygen atoms in total. The van der Waals surface area contributed by atoms with Crippen molar-refractivity contribution in [1.82, 2.24) is 5.32 Å². The van der Waals surface area contributed by atoms with Crippen LogP contribution in [0.25, 0.3) is 0 Å². The van der Waals surface area contributed by atoms with Gasteiger partial charge in [0, 0.05) is 25.1 Å². The fraction of sp³-hybridized carbons (Fsp3) is 0.261. The van der Waals surface area contributed by atoms with Crippen molar-refractivity contribution in [3.8, 4) is 0 Å². The summed E-state index contributed by atoms with van der Waals surface area (Å²) in [6.45, 7) is 1.19. The van der Waals surface area contributed by atoms with Gasteiger partial charge in [-0.2, -0.15) is 0 Å². The molecule has 4 rings (SSSR count). The summed E-state index contributed by atoms with van der Waals surface area (Å²) in [6.07, 6.45) is 2.87. The minimum Gasteiger partial charge on any atom is -0.467 e. The zero-order valence-corrected chi connectivity index (χ0v) is 16.4. The SMILES string of the molecule is O=C(NC(c1ccccc1)c1ccco1)C1CCN(c2ccccc2[N+](=O)[O-])CC1. The number of piperidine rings is 1. The number of nitro benzene ring substituents is 1. The lowest BCUT2D eigenvalue weighted by Crippen LogP contribution is -2.42. The van der Waals surface area contributed by atoms with Crippen molar-refractivity contribution in [3.05, 3.63) is 94.4 Å². The lowest BCUT2D eigenvalue weighted by molar-refractivity contribution is -0.384. The highest BCUT2D eigenvalue weighted by Gasteiger charge is 2.30. The Hall–Kier alpha value is -3.61. The van der Waals surface area contributed by atoms with Gasteiger partial charge in [-0.25, -0.2) is 0 Å². The first-order valence-corrected chi connectivity index (χ1v) is 10.0. The van der Waals surface area contributed by atoms with Gasteiger partial charge in [0.1, 0.15) is 17.5 Å². The number of hydrogen-bond donors (Lipinski definition) is 1. The van der Waals surface area contributed by atoms with E-state index in [1.165, 1.54) is 6.07 Å². The molecule has 1 fully saturated rings. The number of carbonyl (C=O) groups is 1. The summed E-state index contributed by atoms with van der Waals surface area (Å²) in [5, 5.41) is 14.4. The molecule has 1 aliphatic rings. The minimum atomic E-state index is -0.359. The summed E-state index contributed by atoms with van der Waals surface area (Å²) in [7, 11) is 0. The number of amides is 1. The number of nitro groups is 1. The van der Waals surface area contributed by atoms with Gasteiger partial charge in [-0.3, -0.25) is 14.9 Å². The second kappa shape index (κ2) is 8.82. The molecule has 1 saturated heterocycles. The molecule has 0 radical (unpaired) electrons. The van der Waals surface area contributed by atoms with Gasteiger partial charge in [-0.1, -0.05) is 42.5 Å². The highest BCUT2D eigenvalue weighted by Crippen LogP contribution is 2.31. The zero-order valence-electron chi connectivity index (χ0n) is 16.4. The Kier molecular flexibility index (Phi) is 5.79. The van der Waals surface area contributed by atoms with Crippen molar-refractivity contribution in [3.63, 3.8) is 0 Å². The van der Waals surface area contributed by atoms with Crippen LogP contribution in [-0.4, -0.2) is 23.9 Å². The van der Waals surface area contributed by atoms with E-state index in [4.69, 9.17) is 4.42 Å². The molecule has 0 bridgehead atoms. The van der Waals surface area contributed by atoms with Crippen LogP contribution in [0.2, 0.25) is 0 Å². The molecule has 3 aromatic rings. The van der Waals surface area contributed by atoms with Gasteiger partial charge < -0.3 is 14.6 Å². The third-order valence-electron chi connectivity index (χ3n) is 5.53. The smallest absolute Gasteiger partial charge is 0.292 e. The maximum absolute atomic E-state index is 13.0. The Balaban J connectivity index is 1.43. The number of furan rings is 1. The van der Waals surface area contributed by atoms with E-state index in [1.807, 2.05) is 47.4 Å². The second-order valence-electron chi connectivity index (χ2n) is 7.37. The summed E-state index contributed by atoms with van der Waals surface area (Å²) >= 11 is 0. The molecule has 7 heteroatoms. The maximum atomic E-state index is 13.0. The minimum absolute atomic E-state index is 0.0255. The largest absolute Gasteiger partial charge is 0.467 e. The predicted molar refractivity (Wildman–Crippen MR) is 113 cm³/mol. The molecule has 2 heterocycles. The van der Waals surface area contributed by atoms with E-state index >= 15 is 0 Å². The van der Waals surface area contributed by atoms with Gasteiger partial charge in [-0.15, -0.1) is 0 Å². The van der Waals surface area contributed by atoms with Crippen molar-refractivity contribution in [2.75, 3.05) is 18.0 Å². The number of rotatable bonds is 6. The van der Waals surface area contributed by atoms with Crippen LogP contribution in [0.1, 0.15) is 30.2 Å².